The van der Waals surface area contributed by atoms with Crippen LogP contribution in [0.3, 0.4) is 0 Å². The fourth-order valence-corrected chi connectivity index (χ4v) is 4.92. The lowest BCUT2D eigenvalue weighted by Crippen LogP contribution is -2.20. The van der Waals surface area contributed by atoms with E-state index in [9.17, 15) is 0 Å². The molecule has 0 spiro atoms. The number of nitrogens with zero attached hydrogens (tertiary/aromatic N) is 2. The van der Waals surface area contributed by atoms with Crippen LogP contribution in [0.1, 0.15) is 94.3 Å². The van der Waals surface area contributed by atoms with Gasteiger partial charge < -0.3 is 4.57 Å². The van der Waals surface area contributed by atoms with Crippen molar-refractivity contribution in [3.8, 4) is 0 Å². The summed E-state index contributed by atoms with van der Waals surface area (Å²) in [5.74, 6) is 2.72. The minimum absolute atomic E-state index is 0. The first kappa shape index (κ1) is 25.9. The van der Waals surface area contributed by atoms with E-state index in [1.54, 1.807) is 0 Å². The van der Waals surface area contributed by atoms with E-state index in [2.05, 4.69) is 67.8 Å². The van der Waals surface area contributed by atoms with Gasteiger partial charge in [0.1, 0.15) is 5.82 Å². The SMILES string of the molecule is Br.C=CCC(CCC)C(CCCC)Cc1nc(C)c(C)n1C(Br)CCC. The molecule has 0 N–H and O–H groups in total. The second kappa shape index (κ2) is 14.0. The summed E-state index contributed by atoms with van der Waals surface area (Å²) >= 11 is 3.91. The van der Waals surface area contributed by atoms with Gasteiger partial charge in [-0.25, -0.2) is 4.98 Å². The summed E-state index contributed by atoms with van der Waals surface area (Å²) in [7, 11) is 0. The zero-order valence-corrected chi connectivity index (χ0v) is 20.9. The third kappa shape index (κ3) is 7.50. The molecule has 3 atom stereocenters. The molecule has 0 aromatic carbocycles. The third-order valence-electron chi connectivity index (χ3n) is 5.44. The molecule has 1 rings (SSSR count). The number of aryl methyl sites for hydroxylation is 1. The lowest BCUT2D eigenvalue weighted by molar-refractivity contribution is 0.279. The maximum absolute atomic E-state index is 4.97. The molecule has 1 aromatic rings. The van der Waals surface area contributed by atoms with E-state index in [0.717, 1.165) is 25.2 Å². The molecule has 1 heterocycles. The van der Waals surface area contributed by atoms with Gasteiger partial charge in [0.05, 0.1) is 10.6 Å². The molecular formula is C22H40Br2N2. The van der Waals surface area contributed by atoms with Crippen LogP contribution in [-0.2, 0) is 6.42 Å². The highest BCUT2D eigenvalue weighted by molar-refractivity contribution is 9.09. The average Bonchev–Trinajstić information content (AvgIpc) is 2.85. The summed E-state index contributed by atoms with van der Waals surface area (Å²) in [4.78, 5) is 5.34. The van der Waals surface area contributed by atoms with Crippen LogP contribution in [0.15, 0.2) is 12.7 Å². The second-order valence-corrected chi connectivity index (χ2v) is 8.53. The highest BCUT2D eigenvalue weighted by Crippen LogP contribution is 2.33. The molecule has 0 saturated heterocycles. The molecule has 0 bridgehead atoms. The minimum Gasteiger partial charge on any atom is -0.319 e. The van der Waals surface area contributed by atoms with E-state index in [1.165, 1.54) is 55.7 Å². The van der Waals surface area contributed by atoms with E-state index >= 15 is 0 Å². The van der Waals surface area contributed by atoms with Crippen molar-refractivity contribution >= 4 is 32.9 Å². The fraction of sp³-hybridized carbons (Fsp3) is 0.773. The Morgan fingerprint density at radius 1 is 1.04 bits per heavy atom. The maximum atomic E-state index is 4.97. The third-order valence-corrected chi connectivity index (χ3v) is 6.30. The predicted octanol–water partition coefficient (Wildman–Crippen LogP) is 8.11. The van der Waals surface area contributed by atoms with Crippen molar-refractivity contribution < 1.29 is 0 Å². The summed E-state index contributed by atoms with van der Waals surface area (Å²) in [6.07, 6.45) is 13.1. The Kier molecular flexibility index (Phi) is 13.9. The van der Waals surface area contributed by atoms with Crippen LogP contribution in [-0.4, -0.2) is 9.55 Å². The number of hydrogen-bond acceptors (Lipinski definition) is 1. The zero-order valence-electron chi connectivity index (χ0n) is 17.6. The van der Waals surface area contributed by atoms with Crippen LogP contribution < -0.4 is 0 Å². The monoisotopic (exact) mass is 490 g/mol. The molecular weight excluding hydrogens is 452 g/mol. The van der Waals surface area contributed by atoms with Crippen LogP contribution in [0.4, 0.5) is 0 Å². The first-order chi connectivity index (χ1) is 12.0. The molecule has 0 saturated carbocycles. The van der Waals surface area contributed by atoms with Gasteiger partial charge in [-0.15, -0.1) is 23.6 Å². The number of hydrogen-bond donors (Lipinski definition) is 0. The van der Waals surface area contributed by atoms with Gasteiger partial charge in [-0.1, -0.05) is 74.9 Å². The number of aromatic nitrogens is 2. The number of allylic oxidation sites excluding steroid dienone is 1. The maximum Gasteiger partial charge on any atom is 0.110 e. The first-order valence-corrected chi connectivity index (χ1v) is 11.2. The van der Waals surface area contributed by atoms with Crippen molar-refractivity contribution in [1.82, 2.24) is 9.55 Å². The van der Waals surface area contributed by atoms with E-state index < -0.39 is 0 Å². The predicted molar refractivity (Wildman–Crippen MR) is 125 cm³/mol. The zero-order chi connectivity index (χ0) is 18.8. The van der Waals surface area contributed by atoms with Crippen molar-refractivity contribution in [3.63, 3.8) is 0 Å². The largest absolute Gasteiger partial charge is 0.319 e. The average molecular weight is 492 g/mol. The van der Waals surface area contributed by atoms with Crippen LogP contribution in [0.25, 0.3) is 0 Å². The van der Waals surface area contributed by atoms with Crippen LogP contribution >= 0.6 is 32.9 Å². The van der Waals surface area contributed by atoms with Gasteiger partial charge in [0.2, 0.25) is 0 Å². The standard InChI is InChI=1S/C22H39BrN2.BrH/c1-7-11-15-20(19(12-8-2)13-9-3)16-22-24-17(5)18(6)25(22)21(23)14-10-4;/h8,19-21H,2,7,9-16H2,1,3-6H3;1H. The van der Waals surface area contributed by atoms with Crippen LogP contribution in [0, 0.1) is 25.7 Å². The molecule has 3 unspecified atom stereocenters. The van der Waals surface area contributed by atoms with Crippen molar-refractivity contribution in [1.29, 1.82) is 0 Å². The molecule has 4 heteroatoms. The molecule has 0 amide bonds. The lowest BCUT2D eigenvalue weighted by atomic mass is 9.80. The number of imidazole rings is 1. The molecule has 26 heavy (non-hydrogen) atoms. The lowest BCUT2D eigenvalue weighted by Gasteiger charge is -2.27. The number of rotatable bonds is 13. The van der Waals surface area contributed by atoms with Gasteiger partial charge in [0, 0.05) is 12.1 Å². The topological polar surface area (TPSA) is 17.8 Å². The Morgan fingerprint density at radius 2 is 1.69 bits per heavy atom. The summed E-state index contributed by atoms with van der Waals surface area (Å²) < 4.78 is 2.45. The Hall–Kier alpha value is -0.0900. The first-order valence-electron chi connectivity index (χ1n) is 10.3. The molecule has 1 aromatic heterocycles. The normalized spacial score (nSPS) is 14.5. The Bertz CT molecular complexity index is 510. The van der Waals surface area contributed by atoms with Crippen molar-refractivity contribution in [2.45, 2.75) is 97.4 Å². The Balaban J connectivity index is 0.00000625. The molecule has 0 aliphatic carbocycles. The Labute approximate surface area is 181 Å². The fourth-order valence-electron chi connectivity index (χ4n) is 3.92. The van der Waals surface area contributed by atoms with E-state index in [1.807, 2.05) is 0 Å². The van der Waals surface area contributed by atoms with Crippen molar-refractivity contribution in [2.24, 2.45) is 11.8 Å². The molecule has 0 aliphatic heterocycles. The summed E-state index contributed by atoms with van der Waals surface area (Å²) in [6, 6.07) is 0. The summed E-state index contributed by atoms with van der Waals surface area (Å²) in [5, 5.41) is 0. The van der Waals surface area contributed by atoms with Gasteiger partial charge >= 0.3 is 0 Å². The second-order valence-electron chi connectivity index (χ2n) is 7.47. The summed E-state index contributed by atoms with van der Waals surface area (Å²) in [6.45, 7) is 15.2. The molecule has 0 fully saturated rings. The summed E-state index contributed by atoms with van der Waals surface area (Å²) in [5.41, 5.74) is 2.50. The highest BCUT2D eigenvalue weighted by atomic mass is 79.9. The van der Waals surface area contributed by atoms with Gasteiger partial charge in [-0.2, -0.15) is 0 Å². The molecule has 152 valence electrons. The van der Waals surface area contributed by atoms with Gasteiger partial charge in [-0.3, -0.25) is 0 Å². The van der Waals surface area contributed by atoms with Crippen molar-refractivity contribution in [3.05, 3.63) is 29.9 Å². The van der Waals surface area contributed by atoms with E-state index in [-0.39, 0.29) is 17.0 Å². The molecule has 2 nitrogen and oxygen atoms in total. The number of halogens is 2. The highest BCUT2D eigenvalue weighted by Gasteiger charge is 2.24. The quantitative estimate of drug-likeness (QED) is 0.201. The van der Waals surface area contributed by atoms with Gasteiger partial charge in [0.25, 0.3) is 0 Å². The number of alkyl halides is 1. The smallest absolute Gasteiger partial charge is 0.110 e. The Morgan fingerprint density at radius 3 is 2.23 bits per heavy atom. The number of unbranched alkanes of at least 4 members (excludes halogenated alkanes) is 1. The van der Waals surface area contributed by atoms with Crippen molar-refractivity contribution in [2.75, 3.05) is 0 Å². The van der Waals surface area contributed by atoms with Crippen LogP contribution in [0.5, 0.6) is 0 Å². The van der Waals surface area contributed by atoms with Gasteiger partial charge in [0.15, 0.2) is 0 Å². The van der Waals surface area contributed by atoms with E-state index in [0.29, 0.717) is 10.9 Å². The van der Waals surface area contributed by atoms with Gasteiger partial charge in [-0.05, 0) is 44.9 Å². The molecule has 0 radical (unpaired) electrons. The minimum atomic E-state index is 0. The van der Waals surface area contributed by atoms with Crippen LogP contribution in [0.2, 0.25) is 0 Å². The van der Waals surface area contributed by atoms with E-state index in [4.69, 9.17) is 4.98 Å². The molecule has 0 aliphatic rings.